The third-order valence-corrected chi connectivity index (χ3v) is 6.92. The normalized spacial score (nSPS) is 13.9. The number of hydrogen-bond acceptors (Lipinski definition) is 5. The molecule has 3 aromatic rings. The number of nitrogens with zero attached hydrogens (tertiary/aromatic N) is 3. The van der Waals surface area contributed by atoms with Crippen molar-refractivity contribution in [1.82, 2.24) is 4.57 Å². The summed E-state index contributed by atoms with van der Waals surface area (Å²) in [6, 6.07) is 15.0. The number of carbonyl (C=O) groups is 1. The van der Waals surface area contributed by atoms with E-state index in [1.165, 1.54) is 0 Å². The number of amides is 1. The first-order chi connectivity index (χ1) is 17.7. The summed E-state index contributed by atoms with van der Waals surface area (Å²) in [5.41, 5.74) is 6.13. The quantitative estimate of drug-likeness (QED) is 0.167. The molecule has 0 atom stereocenters. The molecule has 37 heavy (non-hydrogen) atoms. The van der Waals surface area contributed by atoms with Crippen molar-refractivity contribution in [2.45, 2.75) is 59.4 Å². The minimum absolute atomic E-state index is 0.0256. The van der Waals surface area contributed by atoms with E-state index in [0.29, 0.717) is 22.6 Å². The maximum atomic E-state index is 12.9. The summed E-state index contributed by atoms with van der Waals surface area (Å²) < 4.78 is 1.90. The number of aryl methyl sites for hydroxylation is 3. The molecule has 1 aromatic heterocycles. The second kappa shape index (κ2) is 10.7. The number of benzene rings is 2. The Bertz CT molecular complexity index is 1440. The van der Waals surface area contributed by atoms with Crippen LogP contribution in [0.3, 0.4) is 0 Å². The zero-order chi connectivity index (χ0) is 26.7. The van der Waals surface area contributed by atoms with Gasteiger partial charge in [-0.25, -0.2) is 0 Å². The number of nitriles is 1. The highest BCUT2D eigenvalue weighted by Gasteiger charge is 2.22. The molecule has 0 saturated heterocycles. The Labute approximate surface area is 216 Å². The SMILES string of the molecule is Cc1ccc(NC(=O)C(C#N)=Cc2cc(C)n(-c3ccc(NC4CCCC4)c([N+](=O)[O-])c3)c2C)c(C)c1. The molecular weight excluding hydrogens is 466 g/mol. The van der Waals surface area contributed by atoms with E-state index in [2.05, 4.69) is 10.6 Å². The fraction of sp³-hybridized carbons (Fsp3) is 0.310. The molecule has 1 aliphatic carbocycles. The summed E-state index contributed by atoms with van der Waals surface area (Å²) in [6.45, 7) is 7.64. The minimum Gasteiger partial charge on any atom is -0.377 e. The van der Waals surface area contributed by atoms with E-state index in [1.807, 2.05) is 68.7 Å². The molecule has 0 bridgehead atoms. The van der Waals surface area contributed by atoms with Gasteiger partial charge in [0.05, 0.1) is 10.6 Å². The predicted octanol–water partition coefficient (Wildman–Crippen LogP) is 6.52. The van der Waals surface area contributed by atoms with Gasteiger partial charge in [0.15, 0.2) is 0 Å². The number of nitro groups is 1. The molecule has 1 heterocycles. The van der Waals surface area contributed by atoms with Gasteiger partial charge in [-0.05, 0) is 82.0 Å². The first-order valence-corrected chi connectivity index (χ1v) is 12.4. The van der Waals surface area contributed by atoms with Gasteiger partial charge in [-0.2, -0.15) is 5.26 Å². The molecular formula is C29H31N5O3. The largest absolute Gasteiger partial charge is 0.377 e. The maximum Gasteiger partial charge on any atom is 0.294 e. The highest BCUT2D eigenvalue weighted by molar-refractivity contribution is 6.10. The summed E-state index contributed by atoms with van der Waals surface area (Å²) >= 11 is 0. The van der Waals surface area contributed by atoms with Crippen molar-refractivity contribution in [3.8, 4) is 11.8 Å². The third-order valence-electron chi connectivity index (χ3n) is 6.92. The van der Waals surface area contributed by atoms with Gasteiger partial charge in [-0.3, -0.25) is 14.9 Å². The zero-order valence-electron chi connectivity index (χ0n) is 21.6. The topological polar surface area (TPSA) is 113 Å². The van der Waals surface area contributed by atoms with Gasteiger partial charge < -0.3 is 15.2 Å². The second-order valence-corrected chi connectivity index (χ2v) is 9.69. The lowest BCUT2D eigenvalue weighted by Crippen LogP contribution is -2.15. The van der Waals surface area contributed by atoms with Gasteiger partial charge in [-0.15, -0.1) is 0 Å². The van der Waals surface area contributed by atoms with Gasteiger partial charge in [0.25, 0.3) is 11.6 Å². The van der Waals surface area contributed by atoms with Crippen LogP contribution in [0.1, 0.15) is 53.8 Å². The van der Waals surface area contributed by atoms with Crippen LogP contribution in [0.15, 0.2) is 48.0 Å². The van der Waals surface area contributed by atoms with Crippen LogP contribution in [0.5, 0.6) is 0 Å². The van der Waals surface area contributed by atoms with Crippen molar-refractivity contribution in [1.29, 1.82) is 5.26 Å². The van der Waals surface area contributed by atoms with Crippen molar-refractivity contribution < 1.29 is 9.72 Å². The summed E-state index contributed by atoms with van der Waals surface area (Å²) in [7, 11) is 0. The highest BCUT2D eigenvalue weighted by Crippen LogP contribution is 2.32. The molecule has 1 amide bonds. The molecule has 8 nitrogen and oxygen atoms in total. The lowest BCUT2D eigenvalue weighted by atomic mass is 10.1. The number of carbonyl (C=O) groups excluding carboxylic acids is 1. The Morgan fingerprint density at radius 1 is 1.08 bits per heavy atom. The summed E-state index contributed by atoms with van der Waals surface area (Å²) in [5.74, 6) is -0.489. The summed E-state index contributed by atoms with van der Waals surface area (Å²) in [4.78, 5) is 24.4. The van der Waals surface area contributed by atoms with Crippen LogP contribution in [0, 0.1) is 49.1 Å². The number of aromatic nitrogens is 1. The van der Waals surface area contributed by atoms with Crippen molar-refractivity contribution in [2.75, 3.05) is 10.6 Å². The Kier molecular flexibility index (Phi) is 7.44. The van der Waals surface area contributed by atoms with E-state index < -0.39 is 5.91 Å². The highest BCUT2D eigenvalue weighted by atomic mass is 16.6. The number of hydrogen-bond donors (Lipinski definition) is 2. The molecule has 0 aliphatic heterocycles. The van der Waals surface area contributed by atoms with Crippen LogP contribution < -0.4 is 10.6 Å². The van der Waals surface area contributed by atoms with Gasteiger partial charge >= 0.3 is 0 Å². The van der Waals surface area contributed by atoms with Crippen molar-refractivity contribution in [3.63, 3.8) is 0 Å². The van der Waals surface area contributed by atoms with Crippen LogP contribution in [-0.4, -0.2) is 21.4 Å². The van der Waals surface area contributed by atoms with Crippen molar-refractivity contribution in [3.05, 3.63) is 86.2 Å². The maximum absolute atomic E-state index is 12.9. The average Bonchev–Trinajstić information content (AvgIpc) is 3.46. The number of nitro benzene ring substituents is 1. The number of rotatable bonds is 7. The standard InChI is InChI=1S/C29H31N5O3/c1-18-9-11-26(19(2)13-18)32-29(35)23(17-30)15-22-14-20(3)33(21(22)4)25-10-12-27(28(16-25)34(36)37)31-24-7-5-6-8-24/h9-16,24,31H,5-8H2,1-4H3,(H,32,35). The monoisotopic (exact) mass is 497 g/mol. The molecule has 8 heteroatoms. The van der Waals surface area contributed by atoms with Crippen LogP contribution in [0.2, 0.25) is 0 Å². The fourth-order valence-electron chi connectivity index (χ4n) is 5.00. The zero-order valence-corrected chi connectivity index (χ0v) is 21.6. The molecule has 0 unspecified atom stereocenters. The lowest BCUT2D eigenvalue weighted by Gasteiger charge is -2.15. The molecule has 4 rings (SSSR count). The van der Waals surface area contributed by atoms with E-state index in [1.54, 1.807) is 18.2 Å². The third kappa shape index (κ3) is 5.56. The van der Waals surface area contributed by atoms with Crippen LogP contribution >= 0.6 is 0 Å². The minimum atomic E-state index is -0.489. The predicted molar refractivity (Wildman–Crippen MR) is 146 cm³/mol. The van der Waals surface area contributed by atoms with Crippen LogP contribution in [-0.2, 0) is 4.79 Å². The molecule has 2 N–H and O–H groups in total. The Morgan fingerprint density at radius 2 is 1.78 bits per heavy atom. The second-order valence-electron chi connectivity index (χ2n) is 9.69. The molecule has 190 valence electrons. The summed E-state index contributed by atoms with van der Waals surface area (Å²) in [5, 5.41) is 27.7. The Balaban J connectivity index is 1.64. The van der Waals surface area contributed by atoms with Crippen LogP contribution in [0.4, 0.5) is 17.1 Å². The molecule has 0 spiro atoms. The number of anilines is 2. The van der Waals surface area contributed by atoms with E-state index in [-0.39, 0.29) is 22.2 Å². The molecule has 0 radical (unpaired) electrons. The van der Waals surface area contributed by atoms with Gasteiger partial charge in [0.2, 0.25) is 0 Å². The number of nitrogens with one attached hydrogen (secondary N) is 2. The van der Waals surface area contributed by atoms with Gasteiger partial charge in [0.1, 0.15) is 17.3 Å². The van der Waals surface area contributed by atoms with Crippen molar-refractivity contribution >= 4 is 29.0 Å². The van der Waals surface area contributed by atoms with E-state index in [4.69, 9.17) is 0 Å². The average molecular weight is 498 g/mol. The van der Waals surface area contributed by atoms with E-state index in [9.17, 15) is 20.2 Å². The Morgan fingerprint density at radius 3 is 2.43 bits per heavy atom. The lowest BCUT2D eigenvalue weighted by molar-refractivity contribution is -0.384. The van der Waals surface area contributed by atoms with Gasteiger partial charge in [-0.1, -0.05) is 30.5 Å². The molecule has 2 aromatic carbocycles. The molecule has 1 saturated carbocycles. The molecule has 1 fully saturated rings. The first kappa shape index (κ1) is 25.7. The Hall–Kier alpha value is -4.38. The molecule has 1 aliphatic rings. The first-order valence-electron chi connectivity index (χ1n) is 12.4. The van der Waals surface area contributed by atoms with Gasteiger partial charge in [0, 0.05) is 29.2 Å². The van der Waals surface area contributed by atoms with Crippen molar-refractivity contribution in [2.24, 2.45) is 0 Å². The smallest absolute Gasteiger partial charge is 0.294 e. The fourth-order valence-corrected chi connectivity index (χ4v) is 5.00. The van der Waals surface area contributed by atoms with E-state index in [0.717, 1.165) is 48.2 Å². The van der Waals surface area contributed by atoms with E-state index >= 15 is 0 Å². The summed E-state index contributed by atoms with van der Waals surface area (Å²) in [6.07, 6.45) is 5.86. The van der Waals surface area contributed by atoms with Crippen LogP contribution in [0.25, 0.3) is 11.8 Å².